The molecule has 0 amide bonds. The summed E-state index contributed by atoms with van der Waals surface area (Å²) in [5.41, 5.74) is 0.173. The van der Waals surface area contributed by atoms with Crippen molar-refractivity contribution in [1.82, 2.24) is 5.32 Å². The summed E-state index contributed by atoms with van der Waals surface area (Å²) in [7, 11) is 0. The molecule has 0 atom stereocenters. The van der Waals surface area contributed by atoms with Crippen LogP contribution in [-0.4, -0.2) is 24.7 Å². The van der Waals surface area contributed by atoms with Gasteiger partial charge in [0.2, 0.25) is 0 Å². The minimum atomic E-state index is -0.447. The van der Waals surface area contributed by atoms with Crippen molar-refractivity contribution in [3.63, 3.8) is 0 Å². The molecule has 0 saturated carbocycles. The van der Waals surface area contributed by atoms with Crippen LogP contribution in [0.25, 0.3) is 21.5 Å². The molecule has 1 saturated heterocycles. The molecule has 0 spiro atoms. The topological polar surface area (TPSA) is 38.3 Å². The number of esters is 1. The molecule has 0 bridgehead atoms. The summed E-state index contributed by atoms with van der Waals surface area (Å²) in [6, 6.07) is 18.4. The van der Waals surface area contributed by atoms with Crippen LogP contribution in [0, 0.1) is 5.92 Å². The van der Waals surface area contributed by atoms with E-state index in [1.165, 1.54) is 10.8 Å². The Hall–Kier alpha value is -2.39. The van der Waals surface area contributed by atoms with Gasteiger partial charge in [0, 0.05) is 5.92 Å². The lowest BCUT2D eigenvalue weighted by molar-refractivity contribution is -0.0368. The van der Waals surface area contributed by atoms with Crippen LogP contribution >= 0.6 is 0 Å². The van der Waals surface area contributed by atoms with Gasteiger partial charge in [-0.05, 0) is 85.6 Å². The van der Waals surface area contributed by atoms with Crippen LogP contribution < -0.4 is 5.32 Å². The Morgan fingerprint density at radius 3 is 2.23 bits per heavy atom. The summed E-state index contributed by atoms with van der Waals surface area (Å²) >= 11 is 0. The van der Waals surface area contributed by atoms with Gasteiger partial charge in [0.15, 0.2) is 0 Å². The van der Waals surface area contributed by atoms with Crippen LogP contribution in [0.1, 0.15) is 37.0 Å². The van der Waals surface area contributed by atoms with E-state index in [-0.39, 0.29) is 5.97 Å². The molecule has 1 aliphatic rings. The molecule has 0 radical (unpaired) electrons. The van der Waals surface area contributed by atoms with Crippen molar-refractivity contribution in [2.45, 2.75) is 32.3 Å². The van der Waals surface area contributed by atoms with Gasteiger partial charge in [-0.2, -0.15) is 0 Å². The summed E-state index contributed by atoms with van der Waals surface area (Å²) in [6.07, 6.45) is 2.09. The average molecular weight is 347 g/mol. The number of hydrogen-bond acceptors (Lipinski definition) is 3. The molecule has 3 aromatic carbocycles. The van der Waals surface area contributed by atoms with Gasteiger partial charge in [-0.15, -0.1) is 0 Å². The van der Waals surface area contributed by atoms with Crippen molar-refractivity contribution >= 4 is 27.5 Å². The van der Waals surface area contributed by atoms with Gasteiger partial charge in [-0.3, -0.25) is 0 Å². The van der Waals surface area contributed by atoms with Crippen molar-refractivity contribution < 1.29 is 9.53 Å². The maximum atomic E-state index is 12.8. The summed E-state index contributed by atoms with van der Waals surface area (Å²) in [5.74, 6) is 0.167. The zero-order valence-corrected chi connectivity index (χ0v) is 15.4. The van der Waals surface area contributed by atoms with E-state index in [9.17, 15) is 4.79 Å². The SMILES string of the molecule is CC(C)(OC(=O)c1ccc2cc3ccccc3cc2c1)C1CCNCC1. The Morgan fingerprint density at radius 1 is 0.923 bits per heavy atom. The van der Waals surface area contributed by atoms with Gasteiger partial charge in [-0.25, -0.2) is 4.79 Å². The van der Waals surface area contributed by atoms with E-state index in [4.69, 9.17) is 4.74 Å². The first kappa shape index (κ1) is 17.0. The highest BCUT2D eigenvalue weighted by Gasteiger charge is 2.34. The van der Waals surface area contributed by atoms with Gasteiger partial charge in [-0.1, -0.05) is 30.3 Å². The van der Waals surface area contributed by atoms with E-state index in [0.29, 0.717) is 11.5 Å². The van der Waals surface area contributed by atoms with Gasteiger partial charge >= 0.3 is 5.97 Å². The van der Waals surface area contributed by atoms with Crippen LogP contribution in [0.2, 0.25) is 0 Å². The zero-order chi connectivity index (χ0) is 18.1. The third kappa shape index (κ3) is 3.32. The molecule has 3 heteroatoms. The van der Waals surface area contributed by atoms with Crippen molar-refractivity contribution in [2.24, 2.45) is 5.92 Å². The van der Waals surface area contributed by atoms with E-state index in [2.05, 4.69) is 29.6 Å². The first-order valence-corrected chi connectivity index (χ1v) is 9.39. The molecule has 1 heterocycles. The maximum Gasteiger partial charge on any atom is 0.338 e. The average Bonchev–Trinajstić information content (AvgIpc) is 2.66. The molecule has 1 aliphatic heterocycles. The molecule has 0 aliphatic carbocycles. The highest BCUT2D eigenvalue weighted by atomic mass is 16.6. The molecule has 4 rings (SSSR count). The van der Waals surface area contributed by atoms with Crippen LogP contribution in [0.5, 0.6) is 0 Å². The predicted molar refractivity (Wildman–Crippen MR) is 107 cm³/mol. The van der Waals surface area contributed by atoms with Gasteiger partial charge in [0.05, 0.1) is 5.56 Å². The number of fused-ring (bicyclic) bond motifs is 2. The lowest BCUT2D eigenvalue weighted by Gasteiger charge is -2.36. The fraction of sp³-hybridized carbons (Fsp3) is 0.348. The van der Waals surface area contributed by atoms with Gasteiger partial charge in [0.1, 0.15) is 5.60 Å². The third-order valence-corrected chi connectivity index (χ3v) is 5.62. The van der Waals surface area contributed by atoms with E-state index in [0.717, 1.165) is 36.7 Å². The number of nitrogens with one attached hydrogen (secondary N) is 1. The van der Waals surface area contributed by atoms with Crippen LogP contribution in [0.15, 0.2) is 54.6 Å². The predicted octanol–water partition coefficient (Wildman–Crippen LogP) is 4.93. The molecule has 0 aromatic heterocycles. The summed E-state index contributed by atoms with van der Waals surface area (Å²) in [6.45, 7) is 6.06. The summed E-state index contributed by atoms with van der Waals surface area (Å²) < 4.78 is 5.93. The van der Waals surface area contributed by atoms with Crippen molar-refractivity contribution in [3.05, 3.63) is 60.2 Å². The number of carbonyl (C=O) groups is 1. The van der Waals surface area contributed by atoms with Crippen LogP contribution in [-0.2, 0) is 4.74 Å². The highest BCUT2D eigenvalue weighted by Crippen LogP contribution is 2.30. The minimum absolute atomic E-state index is 0.233. The molecule has 134 valence electrons. The van der Waals surface area contributed by atoms with Crippen molar-refractivity contribution in [3.8, 4) is 0 Å². The second kappa shape index (κ2) is 6.73. The summed E-state index contributed by atoms with van der Waals surface area (Å²) in [5, 5.41) is 7.96. The Kier molecular flexibility index (Phi) is 4.41. The van der Waals surface area contributed by atoms with E-state index >= 15 is 0 Å². The Morgan fingerprint density at radius 2 is 1.54 bits per heavy atom. The largest absolute Gasteiger partial charge is 0.456 e. The second-order valence-electron chi connectivity index (χ2n) is 7.78. The van der Waals surface area contributed by atoms with E-state index < -0.39 is 5.60 Å². The third-order valence-electron chi connectivity index (χ3n) is 5.62. The quantitative estimate of drug-likeness (QED) is 0.539. The van der Waals surface area contributed by atoms with Gasteiger partial charge in [0.25, 0.3) is 0 Å². The maximum absolute atomic E-state index is 12.8. The van der Waals surface area contributed by atoms with Crippen LogP contribution in [0.4, 0.5) is 0 Å². The monoisotopic (exact) mass is 347 g/mol. The standard InChI is InChI=1S/C23H25NO2/c1-23(2,21-9-11-24-12-10-21)26-22(25)19-8-7-18-13-16-5-3-4-6-17(16)14-20(18)15-19/h3-8,13-15,21,24H,9-12H2,1-2H3. The molecule has 0 unspecified atom stereocenters. The Labute approximate surface area is 154 Å². The smallest absolute Gasteiger partial charge is 0.338 e. The van der Waals surface area contributed by atoms with E-state index in [1.807, 2.05) is 44.2 Å². The first-order chi connectivity index (χ1) is 12.5. The lowest BCUT2D eigenvalue weighted by atomic mass is 9.83. The number of piperidine rings is 1. The summed E-state index contributed by atoms with van der Waals surface area (Å²) in [4.78, 5) is 12.8. The fourth-order valence-electron chi connectivity index (χ4n) is 3.97. The molecular formula is C23H25NO2. The number of hydrogen-bond donors (Lipinski definition) is 1. The number of ether oxygens (including phenoxy) is 1. The number of carbonyl (C=O) groups excluding carboxylic acids is 1. The molecule has 3 aromatic rings. The first-order valence-electron chi connectivity index (χ1n) is 9.39. The molecular weight excluding hydrogens is 322 g/mol. The fourth-order valence-corrected chi connectivity index (χ4v) is 3.97. The Bertz CT molecular complexity index is 955. The second-order valence-corrected chi connectivity index (χ2v) is 7.78. The van der Waals surface area contributed by atoms with E-state index in [1.54, 1.807) is 0 Å². The Balaban J connectivity index is 1.61. The normalized spacial score (nSPS) is 16.1. The van der Waals surface area contributed by atoms with Gasteiger partial charge < -0.3 is 10.1 Å². The number of benzene rings is 3. The zero-order valence-electron chi connectivity index (χ0n) is 15.4. The molecule has 26 heavy (non-hydrogen) atoms. The lowest BCUT2D eigenvalue weighted by Crippen LogP contribution is -2.42. The molecule has 3 nitrogen and oxygen atoms in total. The minimum Gasteiger partial charge on any atom is -0.456 e. The van der Waals surface area contributed by atoms with Crippen LogP contribution in [0.3, 0.4) is 0 Å². The highest BCUT2D eigenvalue weighted by molar-refractivity contribution is 6.01. The number of rotatable bonds is 3. The van der Waals surface area contributed by atoms with Crippen molar-refractivity contribution in [1.29, 1.82) is 0 Å². The molecule has 1 N–H and O–H groups in total. The van der Waals surface area contributed by atoms with Crippen molar-refractivity contribution in [2.75, 3.05) is 13.1 Å². The molecule has 1 fully saturated rings.